The zero-order chi connectivity index (χ0) is 25.5. The second-order valence-electron chi connectivity index (χ2n) is 12.3. The highest BCUT2D eigenvalue weighted by Crippen LogP contribution is 2.67. The van der Waals surface area contributed by atoms with Crippen molar-refractivity contribution in [2.45, 2.75) is 77.4 Å². The van der Waals surface area contributed by atoms with Crippen LogP contribution in [0.1, 0.15) is 75.6 Å². The molecule has 4 aliphatic rings. The smallest absolute Gasteiger partial charge is 0.338 e. The van der Waals surface area contributed by atoms with Gasteiger partial charge in [-0.15, -0.1) is 0 Å². The predicted octanol–water partition coefficient (Wildman–Crippen LogP) is 5.03. The molecule has 0 aliphatic heterocycles. The van der Waals surface area contributed by atoms with E-state index < -0.39 is 0 Å². The monoisotopic (exact) mass is 498 g/mol. The first-order chi connectivity index (χ1) is 17.3. The molecule has 4 saturated carbocycles. The molecule has 6 nitrogen and oxygen atoms in total. The second-order valence-corrected chi connectivity index (χ2v) is 12.3. The number of carbonyl (C=O) groups excluding carboxylic acids is 2. The Morgan fingerprint density at radius 2 is 1.72 bits per heavy atom. The quantitative estimate of drug-likeness (QED) is 0.419. The average molecular weight is 499 g/mol. The molecule has 0 radical (unpaired) electrons. The Balaban J connectivity index is 1.38. The fourth-order valence-corrected chi connectivity index (χ4v) is 9.10. The van der Waals surface area contributed by atoms with Gasteiger partial charge in [-0.2, -0.15) is 0 Å². The van der Waals surface area contributed by atoms with Crippen LogP contribution in [0.15, 0.2) is 30.3 Å². The number of esters is 1. The Bertz CT molecular complexity index is 948. The number of rotatable bonds is 7. The van der Waals surface area contributed by atoms with Gasteiger partial charge in [0.05, 0.1) is 11.7 Å². The fourth-order valence-electron chi connectivity index (χ4n) is 9.10. The molecule has 5 rings (SSSR count). The number of ketones is 1. The minimum Gasteiger partial charge on any atom is -0.456 e. The van der Waals surface area contributed by atoms with Gasteiger partial charge in [0.1, 0.15) is 19.5 Å². The lowest BCUT2D eigenvalue weighted by molar-refractivity contribution is -0.190. The molecular formula is C30H42O6. The van der Waals surface area contributed by atoms with E-state index in [1.807, 2.05) is 18.2 Å². The fraction of sp³-hybridized carbons (Fsp3) is 0.733. The summed E-state index contributed by atoms with van der Waals surface area (Å²) < 4.78 is 17.5. The molecule has 1 N–H and O–H groups in total. The van der Waals surface area contributed by atoms with Crippen LogP contribution in [0.2, 0.25) is 0 Å². The van der Waals surface area contributed by atoms with E-state index in [2.05, 4.69) is 13.8 Å². The van der Waals surface area contributed by atoms with Gasteiger partial charge in [0.2, 0.25) is 0 Å². The Morgan fingerprint density at radius 1 is 0.972 bits per heavy atom. The third-order valence-corrected chi connectivity index (χ3v) is 10.9. The van der Waals surface area contributed by atoms with Gasteiger partial charge in [0, 0.05) is 13.0 Å². The molecule has 1 aromatic carbocycles. The van der Waals surface area contributed by atoms with Crippen LogP contribution in [0, 0.1) is 40.4 Å². The lowest BCUT2D eigenvalue weighted by Gasteiger charge is -2.61. The number of carbonyl (C=O) groups is 2. The molecule has 0 amide bonds. The molecule has 9 unspecified atom stereocenters. The van der Waals surface area contributed by atoms with E-state index in [0.717, 1.165) is 44.9 Å². The number of aliphatic hydroxyl groups is 1. The number of aliphatic hydroxyl groups excluding tert-OH is 1. The molecule has 198 valence electrons. The molecule has 36 heavy (non-hydrogen) atoms. The Morgan fingerprint density at radius 3 is 2.44 bits per heavy atom. The van der Waals surface area contributed by atoms with Crippen molar-refractivity contribution in [2.24, 2.45) is 40.4 Å². The number of Topliss-reactive ketones (excluding diaryl/α,β-unsaturated/α-hetero) is 1. The summed E-state index contributed by atoms with van der Waals surface area (Å²) in [5.41, 5.74) is 0.635. The third-order valence-electron chi connectivity index (χ3n) is 10.9. The SMILES string of the molecule is COCOC1CC2CCC3C(CCC4(C)C(C(=O)CO)CCC34)C2(C)CC1OC(=O)c1ccccc1. The van der Waals surface area contributed by atoms with E-state index in [-0.39, 0.29) is 54.1 Å². The van der Waals surface area contributed by atoms with Crippen LogP contribution in [0.3, 0.4) is 0 Å². The maximum absolute atomic E-state index is 13.0. The molecule has 0 bridgehead atoms. The van der Waals surface area contributed by atoms with Crippen molar-refractivity contribution < 1.29 is 28.9 Å². The van der Waals surface area contributed by atoms with E-state index in [1.54, 1.807) is 19.2 Å². The van der Waals surface area contributed by atoms with Crippen molar-refractivity contribution in [1.82, 2.24) is 0 Å². The van der Waals surface area contributed by atoms with Gasteiger partial charge in [-0.3, -0.25) is 4.79 Å². The molecule has 4 fully saturated rings. The number of ether oxygens (including phenoxy) is 3. The van der Waals surface area contributed by atoms with E-state index in [0.29, 0.717) is 29.2 Å². The summed E-state index contributed by atoms with van der Waals surface area (Å²) in [5, 5.41) is 9.59. The first kappa shape index (κ1) is 25.9. The van der Waals surface area contributed by atoms with E-state index in [1.165, 1.54) is 6.42 Å². The highest BCUT2D eigenvalue weighted by molar-refractivity contribution is 5.89. The van der Waals surface area contributed by atoms with Crippen LogP contribution in [0.25, 0.3) is 0 Å². The van der Waals surface area contributed by atoms with E-state index >= 15 is 0 Å². The molecule has 9 atom stereocenters. The molecule has 0 saturated heterocycles. The van der Waals surface area contributed by atoms with Crippen LogP contribution < -0.4 is 0 Å². The summed E-state index contributed by atoms with van der Waals surface area (Å²) in [5.74, 6) is 1.93. The molecular weight excluding hydrogens is 456 g/mol. The Hall–Kier alpha value is -1.76. The topological polar surface area (TPSA) is 82.1 Å². The molecule has 1 aromatic rings. The van der Waals surface area contributed by atoms with E-state index in [4.69, 9.17) is 14.2 Å². The summed E-state index contributed by atoms with van der Waals surface area (Å²) in [6.07, 6.45) is 7.67. The summed E-state index contributed by atoms with van der Waals surface area (Å²) in [6, 6.07) is 9.20. The maximum Gasteiger partial charge on any atom is 0.338 e. The highest BCUT2D eigenvalue weighted by Gasteiger charge is 2.62. The number of hydrogen-bond acceptors (Lipinski definition) is 6. The molecule has 0 spiro atoms. The Labute approximate surface area is 215 Å². The highest BCUT2D eigenvalue weighted by atomic mass is 16.7. The second kappa shape index (κ2) is 10.2. The summed E-state index contributed by atoms with van der Waals surface area (Å²) >= 11 is 0. The largest absolute Gasteiger partial charge is 0.456 e. The van der Waals surface area contributed by atoms with Gasteiger partial charge in [0.25, 0.3) is 0 Å². The van der Waals surface area contributed by atoms with Gasteiger partial charge in [0.15, 0.2) is 5.78 Å². The Kier molecular flexibility index (Phi) is 7.32. The first-order valence-electron chi connectivity index (χ1n) is 13.8. The van der Waals surface area contributed by atoms with Crippen molar-refractivity contribution in [3.63, 3.8) is 0 Å². The van der Waals surface area contributed by atoms with Crippen LogP contribution >= 0.6 is 0 Å². The summed E-state index contributed by atoms with van der Waals surface area (Å²) in [4.78, 5) is 25.6. The first-order valence-corrected chi connectivity index (χ1v) is 13.8. The van der Waals surface area contributed by atoms with Gasteiger partial charge >= 0.3 is 5.97 Å². The number of methoxy groups -OCH3 is 1. The van der Waals surface area contributed by atoms with E-state index in [9.17, 15) is 14.7 Å². The normalized spacial score (nSPS) is 41.6. The predicted molar refractivity (Wildman–Crippen MR) is 135 cm³/mol. The van der Waals surface area contributed by atoms with Crippen molar-refractivity contribution in [3.8, 4) is 0 Å². The van der Waals surface area contributed by atoms with Crippen LogP contribution in [-0.4, -0.2) is 49.6 Å². The zero-order valence-corrected chi connectivity index (χ0v) is 22.0. The van der Waals surface area contributed by atoms with Crippen molar-refractivity contribution in [2.75, 3.05) is 20.5 Å². The minimum atomic E-state index is -0.335. The standard InChI is InChI=1S/C30H42O6/c1-29-14-13-23-21(22(29)11-12-24(29)25(32)17-31)10-9-20-15-26(35-18-34-3)27(16-30(20,23)2)36-28(33)19-7-5-4-6-8-19/h4-8,20-24,26-27,31H,9-18H2,1-3H3. The van der Waals surface area contributed by atoms with Crippen molar-refractivity contribution in [3.05, 3.63) is 35.9 Å². The molecule has 4 aliphatic carbocycles. The molecule has 0 heterocycles. The third kappa shape index (κ3) is 4.33. The zero-order valence-electron chi connectivity index (χ0n) is 22.0. The number of hydrogen-bond donors (Lipinski definition) is 1. The molecule has 0 aromatic heterocycles. The van der Waals surface area contributed by atoms with Gasteiger partial charge in [-0.1, -0.05) is 32.0 Å². The van der Waals surface area contributed by atoms with Crippen LogP contribution in [0.4, 0.5) is 0 Å². The summed E-state index contributed by atoms with van der Waals surface area (Å²) in [7, 11) is 1.62. The summed E-state index contributed by atoms with van der Waals surface area (Å²) in [6.45, 7) is 4.60. The van der Waals surface area contributed by atoms with Gasteiger partial charge in [-0.05, 0) is 98.0 Å². The van der Waals surface area contributed by atoms with Gasteiger partial charge < -0.3 is 19.3 Å². The van der Waals surface area contributed by atoms with Gasteiger partial charge in [-0.25, -0.2) is 4.79 Å². The minimum absolute atomic E-state index is 0.00211. The maximum atomic E-state index is 13.0. The average Bonchev–Trinajstić information content (AvgIpc) is 3.24. The molecule has 6 heteroatoms. The van der Waals surface area contributed by atoms with Crippen molar-refractivity contribution >= 4 is 11.8 Å². The lowest BCUT2D eigenvalue weighted by atomic mass is 9.44. The van der Waals surface area contributed by atoms with Crippen LogP contribution in [0.5, 0.6) is 0 Å². The number of benzene rings is 1. The van der Waals surface area contributed by atoms with Crippen LogP contribution in [-0.2, 0) is 19.0 Å². The number of fused-ring (bicyclic) bond motifs is 5. The lowest BCUT2D eigenvalue weighted by Crippen LogP contribution is -2.57. The van der Waals surface area contributed by atoms with Crippen molar-refractivity contribution in [1.29, 1.82) is 0 Å².